The Balaban J connectivity index is 1.13. The zero-order chi connectivity index (χ0) is 34.0. The zero-order valence-corrected chi connectivity index (χ0v) is 27.5. The van der Waals surface area contributed by atoms with E-state index < -0.39 is 12.3 Å². The molecule has 1 aromatic heterocycles. The fourth-order valence-electron chi connectivity index (χ4n) is 5.58. The van der Waals surface area contributed by atoms with Crippen LogP contribution in [0.15, 0.2) is 126 Å². The lowest BCUT2D eigenvalue weighted by molar-refractivity contribution is -0.245. The molecule has 10 heteroatoms. The van der Waals surface area contributed by atoms with Gasteiger partial charge in [-0.25, -0.2) is 14.6 Å². The number of thioether (sulfide) groups is 1. The Morgan fingerprint density at radius 3 is 2.20 bits per heavy atom. The van der Waals surface area contributed by atoms with Crippen LogP contribution in [0.2, 0.25) is 0 Å². The van der Waals surface area contributed by atoms with E-state index in [9.17, 15) is 19.8 Å². The van der Waals surface area contributed by atoms with Crippen LogP contribution in [-0.2, 0) is 29.2 Å². The number of aliphatic hydroxyl groups is 1. The van der Waals surface area contributed by atoms with Crippen LogP contribution < -0.4 is 10.6 Å². The first-order chi connectivity index (χ1) is 23.9. The van der Waals surface area contributed by atoms with E-state index in [0.29, 0.717) is 30.3 Å². The van der Waals surface area contributed by atoms with Gasteiger partial charge in [-0.1, -0.05) is 97.1 Å². The summed E-state index contributed by atoms with van der Waals surface area (Å²) in [6.45, 7) is 0.811. The summed E-state index contributed by atoms with van der Waals surface area (Å²) in [6.07, 6.45) is 0.993. The van der Waals surface area contributed by atoms with Gasteiger partial charge in [-0.2, -0.15) is 0 Å². The van der Waals surface area contributed by atoms with Gasteiger partial charge in [0.2, 0.25) is 0 Å². The highest BCUT2D eigenvalue weighted by molar-refractivity contribution is 7.99. The number of urea groups is 1. The number of carbonyl (C=O) groups excluding carboxylic acids is 1. The number of hydrogen-bond donors (Lipinski definition) is 4. The summed E-state index contributed by atoms with van der Waals surface area (Å²) < 4.78 is 12.9. The van der Waals surface area contributed by atoms with Crippen molar-refractivity contribution in [1.82, 2.24) is 15.6 Å². The molecule has 1 saturated heterocycles. The van der Waals surface area contributed by atoms with Crippen LogP contribution in [0.3, 0.4) is 0 Å². The average Bonchev–Trinajstić information content (AvgIpc) is 3.16. The Bertz CT molecular complexity index is 1850. The van der Waals surface area contributed by atoms with E-state index in [0.717, 1.165) is 38.9 Å². The third-order valence-electron chi connectivity index (χ3n) is 8.21. The van der Waals surface area contributed by atoms with E-state index >= 15 is 0 Å². The molecule has 2 amide bonds. The highest BCUT2D eigenvalue weighted by Crippen LogP contribution is 2.40. The van der Waals surface area contributed by atoms with Crippen molar-refractivity contribution in [2.45, 2.75) is 49.6 Å². The lowest BCUT2D eigenvalue weighted by Crippen LogP contribution is -2.34. The molecular weight excluding hydrogens is 639 g/mol. The molecule has 0 aliphatic carbocycles. The first-order valence-corrected chi connectivity index (χ1v) is 17.0. The van der Waals surface area contributed by atoms with Crippen LogP contribution >= 0.6 is 11.8 Å². The molecule has 0 spiro atoms. The van der Waals surface area contributed by atoms with Gasteiger partial charge < -0.3 is 30.3 Å². The number of carbonyl (C=O) groups is 2. The van der Waals surface area contributed by atoms with Crippen LogP contribution in [0, 0.1) is 0 Å². The maximum absolute atomic E-state index is 12.4. The fourth-order valence-corrected chi connectivity index (χ4v) is 6.58. The number of aliphatic hydroxyl groups excluding tert-OH is 1. The Morgan fingerprint density at radius 1 is 0.755 bits per heavy atom. The lowest BCUT2D eigenvalue weighted by atomic mass is 9.99. The molecule has 2 heterocycles. The highest BCUT2D eigenvalue weighted by atomic mass is 32.2. The predicted molar refractivity (Wildman–Crippen MR) is 188 cm³/mol. The number of aromatic carboxylic acids is 1. The van der Waals surface area contributed by atoms with E-state index in [-0.39, 0.29) is 30.4 Å². The molecule has 3 atom stereocenters. The zero-order valence-electron chi connectivity index (χ0n) is 26.7. The Morgan fingerprint density at radius 2 is 1.47 bits per heavy atom. The fraction of sp³-hybridized carbons (Fsp3) is 0.205. The number of rotatable bonds is 12. The van der Waals surface area contributed by atoms with Crippen LogP contribution in [0.1, 0.15) is 57.0 Å². The van der Waals surface area contributed by atoms with Gasteiger partial charge in [0.1, 0.15) is 5.03 Å². The highest BCUT2D eigenvalue weighted by Gasteiger charge is 2.32. The molecule has 6 rings (SSSR count). The molecule has 4 aromatic carbocycles. The van der Waals surface area contributed by atoms with Gasteiger partial charge >= 0.3 is 12.0 Å². The second kappa shape index (κ2) is 16.4. The minimum Gasteiger partial charge on any atom is -0.478 e. The maximum atomic E-state index is 12.4. The molecule has 49 heavy (non-hydrogen) atoms. The molecule has 0 radical (unpaired) electrons. The Hall–Kier alpha value is -5.00. The minimum atomic E-state index is -1.02. The number of aromatic nitrogens is 1. The number of pyridine rings is 1. The van der Waals surface area contributed by atoms with Crippen molar-refractivity contribution in [3.63, 3.8) is 0 Å². The van der Waals surface area contributed by atoms with Crippen molar-refractivity contribution in [1.29, 1.82) is 0 Å². The summed E-state index contributed by atoms with van der Waals surface area (Å²) in [5, 5.41) is 25.4. The normalized spacial score (nSPS) is 17.3. The summed E-state index contributed by atoms with van der Waals surface area (Å²) in [6, 6.07) is 36.5. The van der Waals surface area contributed by atoms with E-state index in [1.54, 1.807) is 18.3 Å². The number of hydrogen-bond acceptors (Lipinski definition) is 7. The topological polar surface area (TPSA) is 130 Å². The Labute approximate surface area is 289 Å². The van der Waals surface area contributed by atoms with Gasteiger partial charge in [0.15, 0.2) is 6.29 Å². The molecule has 5 aromatic rings. The standard InChI is InChI=1S/C39H37N3O6S/c43-24-27-11-13-30(14-12-27)35-21-33(25-49-36-34(37(44)45)10-5-19-40-36)47-38(48-35)31-17-15-29(16-18-31)32-9-4-8-28(20-32)23-42-39(46)41-22-26-6-2-1-3-7-26/h1-20,33,35,38,43H,21-25H2,(H,44,45)(H2,41,42,46)/t33-,35+,38+/m0/s1. The molecule has 1 aliphatic rings. The molecule has 0 bridgehead atoms. The SMILES string of the molecule is O=C(NCc1ccccc1)NCc1cccc(-c2ccc([C@@H]3O[C@H](CSc4ncccc4C(=O)O)C[C@H](c4ccc(CO)cc4)O3)cc2)c1. The van der Waals surface area contributed by atoms with Crippen molar-refractivity contribution in [2.24, 2.45) is 0 Å². The smallest absolute Gasteiger partial charge is 0.338 e. The molecule has 4 N–H and O–H groups in total. The van der Waals surface area contributed by atoms with Crippen LogP contribution in [0.4, 0.5) is 4.79 Å². The van der Waals surface area contributed by atoms with Crippen LogP contribution in [0.25, 0.3) is 11.1 Å². The molecular formula is C39H37N3O6S. The summed E-state index contributed by atoms with van der Waals surface area (Å²) in [5.41, 5.74) is 6.84. The lowest BCUT2D eigenvalue weighted by Gasteiger charge is -2.36. The summed E-state index contributed by atoms with van der Waals surface area (Å²) in [5.74, 6) is -0.527. The number of benzene rings is 4. The third-order valence-corrected chi connectivity index (χ3v) is 9.35. The third kappa shape index (κ3) is 9.13. The first kappa shape index (κ1) is 33.9. The van der Waals surface area contributed by atoms with E-state index in [2.05, 4.69) is 21.7 Å². The predicted octanol–water partition coefficient (Wildman–Crippen LogP) is 7.28. The van der Waals surface area contributed by atoms with Gasteiger partial charge in [-0.15, -0.1) is 11.8 Å². The number of nitrogens with zero attached hydrogens (tertiary/aromatic N) is 1. The van der Waals surface area contributed by atoms with Gasteiger partial charge in [0, 0.05) is 37.0 Å². The number of carboxylic acid groups (broad SMARTS) is 1. The number of nitrogens with one attached hydrogen (secondary N) is 2. The number of amides is 2. The molecule has 1 aliphatic heterocycles. The van der Waals surface area contributed by atoms with Crippen molar-refractivity contribution in [3.05, 3.63) is 155 Å². The second-order valence-corrected chi connectivity index (χ2v) is 12.7. The van der Waals surface area contributed by atoms with Crippen LogP contribution in [0.5, 0.6) is 0 Å². The first-order valence-electron chi connectivity index (χ1n) is 16.0. The van der Waals surface area contributed by atoms with E-state index in [1.807, 2.05) is 97.1 Å². The second-order valence-electron chi connectivity index (χ2n) is 11.7. The van der Waals surface area contributed by atoms with Gasteiger partial charge in [-0.05, 0) is 51.6 Å². The molecule has 0 unspecified atom stereocenters. The molecule has 1 fully saturated rings. The summed E-state index contributed by atoms with van der Waals surface area (Å²) in [4.78, 5) is 28.4. The van der Waals surface area contributed by atoms with Gasteiger partial charge in [-0.3, -0.25) is 0 Å². The van der Waals surface area contributed by atoms with Gasteiger partial charge in [0.05, 0.1) is 24.4 Å². The number of ether oxygens (including phenoxy) is 2. The van der Waals surface area contributed by atoms with E-state index in [1.165, 1.54) is 11.8 Å². The van der Waals surface area contributed by atoms with Crippen molar-refractivity contribution in [3.8, 4) is 11.1 Å². The molecule has 9 nitrogen and oxygen atoms in total. The molecule has 250 valence electrons. The summed E-state index contributed by atoms with van der Waals surface area (Å²) >= 11 is 1.35. The summed E-state index contributed by atoms with van der Waals surface area (Å²) in [7, 11) is 0. The van der Waals surface area contributed by atoms with Crippen molar-refractivity contribution in [2.75, 3.05) is 5.75 Å². The van der Waals surface area contributed by atoms with E-state index in [4.69, 9.17) is 9.47 Å². The van der Waals surface area contributed by atoms with Crippen LogP contribution in [-0.4, -0.2) is 39.1 Å². The minimum absolute atomic E-state index is 0.0390. The Kier molecular flexibility index (Phi) is 11.3. The quantitative estimate of drug-likeness (QED) is 0.102. The average molecular weight is 676 g/mol. The van der Waals surface area contributed by atoms with Crippen molar-refractivity contribution < 1.29 is 29.3 Å². The molecule has 0 saturated carbocycles. The maximum Gasteiger partial charge on any atom is 0.338 e. The van der Waals surface area contributed by atoms with Crippen molar-refractivity contribution >= 4 is 23.8 Å². The monoisotopic (exact) mass is 675 g/mol. The number of carboxylic acids is 1. The van der Waals surface area contributed by atoms with Gasteiger partial charge in [0.25, 0.3) is 0 Å². The largest absolute Gasteiger partial charge is 0.478 e.